The van der Waals surface area contributed by atoms with E-state index >= 15 is 0 Å². The Morgan fingerprint density at radius 1 is 0.893 bits per heavy atom. The number of anilines is 1. The summed E-state index contributed by atoms with van der Waals surface area (Å²) in [5.41, 5.74) is 0.658. The quantitative estimate of drug-likeness (QED) is 0.825. The zero-order chi connectivity index (χ0) is 19.3. The van der Waals surface area contributed by atoms with Crippen LogP contribution >= 0.6 is 0 Å². The molecule has 2 N–H and O–H groups in total. The Labute approximate surface area is 164 Å². The number of hydrogen-bond donors (Lipinski definition) is 2. The highest BCUT2D eigenvalue weighted by Gasteiger charge is 2.30. The first-order valence-corrected chi connectivity index (χ1v) is 9.87. The second-order valence-corrected chi connectivity index (χ2v) is 7.39. The van der Waals surface area contributed by atoms with Crippen LogP contribution in [0, 0.1) is 5.92 Å². The Hall–Kier alpha value is -3.02. The van der Waals surface area contributed by atoms with Crippen molar-refractivity contribution in [2.45, 2.75) is 31.7 Å². The number of para-hydroxylation sites is 3. The summed E-state index contributed by atoms with van der Waals surface area (Å²) in [5.74, 6) is 1.21. The van der Waals surface area contributed by atoms with E-state index in [-0.39, 0.29) is 17.9 Å². The van der Waals surface area contributed by atoms with Gasteiger partial charge in [-0.15, -0.1) is 0 Å². The van der Waals surface area contributed by atoms with Crippen LogP contribution in [0.1, 0.15) is 25.7 Å². The summed E-state index contributed by atoms with van der Waals surface area (Å²) in [6.45, 7) is 1.22. The number of piperidine rings is 1. The molecule has 0 aromatic heterocycles. The van der Waals surface area contributed by atoms with Gasteiger partial charge in [-0.2, -0.15) is 0 Å². The molecule has 28 heavy (non-hydrogen) atoms. The SMILES string of the molecule is O=C(Nc1ccccc1Oc1ccccc1)C1CCN(C(=O)NC2CC2)CC1. The first kappa shape index (κ1) is 18.3. The maximum atomic E-state index is 12.8. The molecule has 1 aliphatic carbocycles. The number of carbonyl (C=O) groups is 2. The normalized spacial score (nSPS) is 17.1. The van der Waals surface area contributed by atoms with E-state index in [1.54, 1.807) is 0 Å². The third-order valence-electron chi connectivity index (χ3n) is 5.17. The molecular formula is C22H25N3O3. The van der Waals surface area contributed by atoms with Crippen molar-refractivity contribution in [1.29, 1.82) is 0 Å². The second kappa shape index (κ2) is 8.33. The molecule has 4 rings (SSSR count). The maximum Gasteiger partial charge on any atom is 0.317 e. The number of urea groups is 1. The highest BCUT2D eigenvalue weighted by atomic mass is 16.5. The van der Waals surface area contributed by atoms with Crippen LogP contribution in [0.3, 0.4) is 0 Å². The predicted octanol–water partition coefficient (Wildman–Crippen LogP) is 4.00. The van der Waals surface area contributed by atoms with E-state index in [0.717, 1.165) is 18.6 Å². The molecule has 1 saturated heterocycles. The number of rotatable bonds is 5. The second-order valence-electron chi connectivity index (χ2n) is 7.39. The van der Waals surface area contributed by atoms with E-state index < -0.39 is 0 Å². The lowest BCUT2D eigenvalue weighted by atomic mass is 9.96. The van der Waals surface area contributed by atoms with Gasteiger partial charge >= 0.3 is 6.03 Å². The fourth-order valence-corrected chi connectivity index (χ4v) is 3.35. The van der Waals surface area contributed by atoms with Crippen molar-refractivity contribution in [2.75, 3.05) is 18.4 Å². The molecule has 1 saturated carbocycles. The van der Waals surface area contributed by atoms with Crippen LogP contribution < -0.4 is 15.4 Å². The lowest BCUT2D eigenvalue weighted by Crippen LogP contribution is -2.46. The van der Waals surface area contributed by atoms with Gasteiger partial charge in [-0.1, -0.05) is 30.3 Å². The lowest BCUT2D eigenvalue weighted by Gasteiger charge is -2.31. The monoisotopic (exact) mass is 379 g/mol. The summed E-state index contributed by atoms with van der Waals surface area (Å²) in [6.07, 6.45) is 3.50. The highest BCUT2D eigenvalue weighted by molar-refractivity contribution is 5.94. The van der Waals surface area contributed by atoms with Gasteiger partial charge in [0.2, 0.25) is 5.91 Å². The highest BCUT2D eigenvalue weighted by Crippen LogP contribution is 2.30. The Balaban J connectivity index is 1.33. The van der Waals surface area contributed by atoms with Crippen LogP contribution in [-0.4, -0.2) is 36.0 Å². The van der Waals surface area contributed by atoms with Gasteiger partial charge in [-0.25, -0.2) is 4.79 Å². The minimum atomic E-state index is -0.102. The van der Waals surface area contributed by atoms with Gasteiger partial charge in [0.05, 0.1) is 5.69 Å². The van der Waals surface area contributed by atoms with Crippen LogP contribution in [-0.2, 0) is 4.79 Å². The molecule has 6 nitrogen and oxygen atoms in total. The fourth-order valence-electron chi connectivity index (χ4n) is 3.35. The van der Waals surface area contributed by atoms with Crippen LogP contribution in [0.2, 0.25) is 0 Å². The first-order valence-electron chi connectivity index (χ1n) is 9.87. The van der Waals surface area contributed by atoms with Gasteiger partial charge < -0.3 is 20.3 Å². The van der Waals surface area contributed by atoms with Gasteiger partial charge in [-0.05, 0) is 49.9 Å². The summed E-state index contributed by atoms with van der Waals surface area (Å²) in [7, 11) is 0. The zero-order valence-electron chi connectivity index (χ0n) is 15.8. The van der Waals surface area contributed by atoms with Crippen molar-refractivity contribution >= 4 is 17.6 Å². The van der Waals surface area contributed by atoms with Crippen molar-refractivity contribution in [2.24, 2.45) is 5.92 Å². The van der Waals surface area contributed by atoms with Crippen molar-refractivity contribution < 1.29 is 14.3 Å². The molecular weight excluding hydrogens is 354 g/mol. The maximum absolute atomic E-state index is 12.8. The topological polar surface area (TPSA) is 70.7 Å². The number of nitrogens with zero attached hydrogens (tertiary/aromatic N) is 1. The molecule has 1 aliphatic heterocycles. The van der Waals surface area contributed by atoms with Crippen LogP contribution in [0.4, 0.5) is 10.5 Å². The molecule has 2 fully saturated rings. The Bertz CT molecular complexity index is 828. The number of benzene rings is 2. The fraction of sp³-hybridized carbons (Fsp3) is 0.364. The standard InChI is InChI=1S/C22H25N3O3/c26-21(16-12-14-25(15-13-16)22(27)23-17-10-11-17)24-19-8-4-5-9-20(19)28-18-6-2-1-3-7-18/h1-9,16-17H,10-15H2,(H,23,27)(H,24,26). The number of hydrogen-bond acceptors (Lipinski definition) is 3. The summed E-state index contributed by atoms with van der Waals surface area (Å²) in [6, 6.07) is 17.3. The average Bonchev–Trinajstić information content (AvgIpc) is 3.54. The number of nitrogens with one attached hydrogen (secondary N) is 2. The average molecular weight is 379 g/mol. The summed E-state index contributed by atoms with van der Waals surface area (Å²) < 4.78 is 5.91. The van der Waals surface area contributed by atoms with Gasteiger partial charge in [0, 0.05) is 25.0 Å². The minimum Gasteiger partial charge on any atom is -0.455 e. The first-order chi connectivity index (χ1) is 13.7. The molecule has 2 aromatic carbocycles. The molecule has 2 aromatic rings. The number of ether oxygens (including phenoxy) is 1. The molecule has 146 valence electrons. The van der Waals surface area contributed by atoms with E-state index in [2.05, 4.69) is 10.6 Å². The molecule has 0 atom stereocenters. The third-order valence-corrected chi connectivity index (χ3v) is 5.17. The summed E-state index contributed by atoms with van der Waals surface area (Å²) >= 11 is 0. The molecule has 0 unspecified atom stereocenters. The zero-order valence-corrected chi connectivity index (χ0v) is 15.8. The van der Waals surface area contributed by atoms with Crippen LogP contribution in [0.15, 0.2) is 54.6 Å². The minimum absolute atomic E-state index is 0.00275. The number of amides is 3. The van der Waals surface area contributed by atoms with E-state index in [1.807, 2.05) is 59.5 Å². The van der Waals surface area contributed by atoms with E-state index in [0.29, 0.717) is 43.4 Å². The Kier molecular flexibility index (Phi) is 5.46. The smallest absolute Gasteiger partial charge is 0.317 e. The molecule has 2 aliphatic rings. The molecule has 0 radical (unpaired) electrons. The van der Waals surface area contributed by atoms with E-state index in [1.165, 1.54) is 0 Å². The van der Waals surface area contributed by atoms with Crippen molar-refractivity contribution in [3.05, 3.63) is 54.6 Å². The lowest BCUT2D eigenvalue weighted by molar-refractivity contribution is -0.121. The van der Waals surface area contributed by atoms with Gasteiger partial charge in [-0.3, -0.25) is 4.79 Å². The summed E-state index contributed by atoms with van der Waals surface area (Å²) in [5, 5.41) is 6.01. The molecule has 3 amide bonds. The van der Waals surface area contributed by atoms with Crippen LogP contribution in [0.5, 0.6) is 11.5 Å². The number of carbonyl (C=O) groups excluding carboxylic acids is 2. The van der Waals surface area contributed by atoms with Crippen molar-refractivity contribution in [1.82, 2.24) is 10.2 Å². The molecule has 0 bridgehead atoms. The van der Waals surface area contributed by atoms with Gasteiger partial charge in [0.1, 0.15) is 5.75 Å². The van der Waals surface area contributed by atoms with Gasteiger partial charge in [0.15, 0.2) is 5.75 Å². The Morgan fingerprint density at radius 2 is 1.57 bits per heavy atom. The van der Waals surface area contributed by atoms with Crippen LogP contribution in [0.25, 0.3) is 0 Å². The van der Waals surface area contributed by atoms with E-state index in [9.17, 15) is 9.59 Å². The Morgan fingerprint density at radius 3 is 2.29 bits per heavy atom. The van der Waals surface area contributed by atoms with Gasteiger partial charge in [0.25, 0.3) is 0 Å². The largest absolute Gasteiger partial charge is 0.455 e. The molecule has 6 heteroatoms. The van der Waals surface area contributed by atoms with Crippen molar-refractivity contribution in [3.8, 4) is 11.5 Å². The van der Waals surface area contributed by atoms with Crippen molar-refractivity contribution in [3.63, 3.8) is 0 Å². The molecule has 0 spiro atoms. The molecule has 1 heterocycles. The predicted molar refractivity (Wildman–Crippen MR) is 107 cm³/mol. The summed E-state index contributed by atoms with van der Waals surface area (Å²) in [4.78, 5) is 26.7. The third kappa shape index (κ3) is 4.63. The van der Waals surface area contributed by atoms with E-state index in [4.69, 9.17) is 4.74 Å². The number of likely N-dealkylation sites (tertiary alicyclic amines) is 1.